The third-order valence-electron chi connectivity index (χ3n) is 6.99. The van der Waals surface area contributed by atoms with Crippen LogP contribution in [0.15, 0.2) is 91.0 Å². The van der Waals surface area contributed by atoms with Crippen LogP contribution in [0.5, 0.6) is 11.5 Å². The van der Waals surface area contributed by atoms with Crippen LogP contribution >= 0.6 is 0 Å². The van der Waals surface area contributed by atoms with E-state index >= 15 is 0 Å². The zero-order chi connectivity index (χ0) is 27.1. The maximum absolute atomic E-state index is 14.5. The summed E-state index contributed by atoms with van der Waals surface area (Å²) in [6.07, 6.45) is -0.884. The lowest BCUT2D eigenvalue weighted by atomic mass is 10.00. The van der Waals surface area contributed by atoms with Gasteiger partial charge in [-0.15, -0.1) is 0 Å². The number of methoxy groups -OCH3 is 1. The Bertz CT molecular complexity index is 1700. The fourth-order valence-electron chi connectivity index (χ4n) is 5.21. The van der Waals surface area contributed by atoms with E-state index in [-0.39, 0.29) is 5.91 Å². The van der Waals surface area contributed by atoms with Crippen molar-refractivity contribution < 1.29 is 23.5 Å². The zero-order valence-electron chi connectivity index (χ0n) is 21.0. The number of primary amides is 1. The summed E-state index contributed by atoms with van der Waals surface area (Å²) in [7, 11) is 1.53. The second-order valence-electron chi connectivity index (χ2n) is 9.35. The average molecular weight is 522 g/mol. The molecule has 0 bridgehead atoms. The summed E-state index contributed by atoms with van der Waals surface area (Å²) < 4.78 is 25.1. The molecule has 0 fully saturated rings. The van der Waals surface area contributed by atoms with Gasteiger partial charge in [-0.3, -0.25) is 4.79 Å². The van der Waals surface area contributed by atoms with Gasteiger partial charge < -0.3 is 25.1 Å². The van der Waals surface area contributed by atoms with Gasteiger partial charge >= 0.3 is 6.09 Å². The van der Waals surface area contributed by atoms with Crippen molar-refractivity contribution in [3.05, 3.63) is 119 Å². The number of rotatable bonds is 6. The van der Waals surface area contributed by atoms with Gasteiger partial charge in [-0.25, -0.2) is 9.18 Å². The second-order valence-corrected chi connectivity index (χ2v) is 9.35. The first-order valence-electron chi connectivity index (χ1n) is 12.3. The third-order valence-corrected chi connectivity index (χ3v) is 6.99. The summed E-state index contributed by atoms with van der Waals surface area (Å²) in [5, 5.41) is 0.989. The Kier molecular flexibility index (Phi) is 5.99. The number of hydrogen-bond acceptors (Lipinski definition) is 4. The van der Waals surface area contributed by atoms with Gasteiger partial charge in [-0.05, 0) is 70.6 Å². The van der Waals surface area contributed by atoms with Crippen LogP contribution in [-0.2, 0) is 6.54 Å². The number of halogens is 1. The normalized spacial score (nSPS) is 13.4. The molecule has 0 spiro atoms. The van der Waals surface area contributed by atoms with Crippen LogP contribution in [0.25, 0.3) is 22.0 Å². The van der Waals surface area contributed by atoms with Crippen LogP contribution in [0.1, 0.15) is 33.2 Å². The number of nitrogens with zero attached hydrogens (tertiary/aromatic N) is 1. The molecule has 7 nitrogen and oxygen atoms in total. The standard InChI is InChI=1S/C31H24FN3O4/c1-38-28-13-10-22(32)16-25(28)29(27-15-20-4-2-3-5-26(20)34-27)35-17-21-7-6-19(14-24(21)30(35)36)18-8-11-23(12-9-18)39-31(33)37/h2-16,29,34H,17H2,1H3,(H2,33,37). The Morgan fingerprint density at radius 1 is 0.974 bits per heavy atom. The maximum Gasteiger partial charge on any atom is 0.409 e. The molecule has 194 valence electrons. The van der Waals surface area contributed by atoms with E-state index in [9.17, 15) is 14.0 Å². The van der Waals surface area contributed by atoms with Crippen LogP contribution in [0, 0.1) is 5.82 Å². The molecule has 5 aromatic rings. The summed E-state index contributed by atoms with van der Waals surface area (Å²) in [5.41, 5.74) is 10.4. The van der Waals surface area contributed by atoms with Crippen molar-refractivity contribution in [2.24, 2.45) is 5.73 Å². The van der Waals surface area contributed by atoms with E-state index < -0.39 is 18.0 Å². The van der Waals surface area contributed by atoms with Gasteiger partial charge in [0.2, 0.25) is 0 Å². The second kappa shape index (κ2) is 9.64. The van der Waals surface area contributed by atoms with Gasteiger partial charge in [0.25, 0.3) is 5.91 Å². The molecule has 3 N–H and O–H groups in total. The van der Waals surface area contributed by atoms with E-state index in [2.05, 4.69) is 4.98 Å². The van der Waals surface area contributed by atoms with Crippen LogP contribution in [0.3, 0.4) is 0 Å². The van der Waals surface area contributed by atoms with E-state index in [0.29, 0.717) is 29.2 Å². The maximum atomic E-state index is 14.5. The van der Waals surface area contributed by atoms with Gasteiger partial charge in [0, 0.05) is 28.9 Å². The number of nitrogens with two attached hydrogens (primary N) is 1. The summed E-state index contributed by atoms with van der Waals surface area (Å²) in [6.45, 7) is 0.347. The summed E-state index contributed by atoms with van der Waals surface area (Å²) >= 11 is 0. The largest absolute Gasteiger partial charge is 0.496 e. The molecule has 1 aliphatic heterocycles. The Hall–Kier alpha value is -5.11. The van der Waals surface area contributed by atoms with Crippen molar-refractivity contribution in [2.45, 2.75) is 12.6 Å². The van der Waals surface area contributed by atoms with Crippen LogP contribution in [0.4, 0.5) is 9.18 Å². The van der Waals surface area contributed by atoms with Crippen LogP contribution in [0.2, 0.25) is 0 Å². The van der Waals surface area contributed by atoms with E-state index in [1.54, 1.807) is 35.2 Å². The average Bonchev–Trinajstić information content (AvgIpc) is 3.50. The van der Waals surface area contributed by atoms with Crippen molar-refractivity contribution >= 4 is 22.9 Å². The lowest BCUT2D eigenvalue weighted by Gasteiger charge is -2.29. The smallest absolute Gasteiger partial charge is 0.409 e. The summed E-state index contributed by atoms with van der Waals surface area (Å²) in [4.78, 5) is 30.1. The molecule has 1 aliphatic rings. The number of aromatic nitrogens is 1. The molecule has 0 radical (unpaired) electrons. The number of ether oxygens (including phenoxy) is 2. The highest BCUT2D eigenvalue weighted by molar-refractivity contribution is 6.00. The highest BCUT2D eigenvalue weighted by Crippen LogP contribution is 2.41. The number of aromatic amines is 1. The molecule has 39 heavy (non-hydrogen) atoms. The van der Waals surface area contributed by atoms with Crippen LogP contribution < -0.4 is 15.2 Å². The first-order chi connectivity index (χ1) is 18.9. The van der Waals surface area contributed by atoms with E-state index in [4.69, 9.17) is 15.2 Å². The summed E-state index contributed by atoms with van der Waals surface area (Å²) in [5.74, 6) is 0.236. The Morgan fingerprint density at radius 2 is 1.74 bits per heavy atom. The quantitative estimate of drug-likeness (QED) is 0.279. The highest BCUT2D eigenvalue weighted by Gasteiger charge is 2.37. The Balaban J connectivity index is 1.40. The number of amides is 2. The van der Waals surface area contributed by atoms with Crippen molar-refractivity contribution in [3.63, 3.8) is 0 Å². The number of fused-ring (bicyclic) bond motifs is 2. The third kappa shape index (κ3) is 4.46. The minimum atomic E-state index is -0.884. The lowest BCUT2D eigenvalue weighted by Crippen LogP contribution is -2.30. The minimum absolute atomic E-state index is 0.171. The molecule has 2 amide bonds. The SMILES string of the molecule is COc1ccc(F)cc1C(c1cc2ccccc2[nH]1)N1Cc2ccc(-c3ccc(OC(N)=O)cc3)cc2C1=O. The number of carbonyl (C=O) groups is 2. The molecule has 0 saturated heterocycles. The summed E-state index contributed by atoms with van der Waals surface area (Å²) in [6, 6.07) is 26.2. The van der Waals surface area contributed by atoms with Crippen LogP contribution in [-0.4, -0.2) is 29.0 Å². The van der Waals surface area contributed by atoms with E-state index in [1.807, 2.05) is 48.5 Å². The molecule has 4 aromatic carbocycles. The predicted octanol–water partition coefficient (Wildman–Crippen LogP) is 6.19. The van der Waals surface area contributed by atoms with Gasteiger partial charge in [-0.1, -0.05) is 42.5 Å². The molecule has 1 aromatic heterocycles. The van der Waals surface area contributed by atoms with E-state index in [0.717, 1.165) is 33.3 Å². The van der Waals surface area contributed by atoms with Gasteiger partial charge in [-0.2, -0.15) is 0 Å². The van der Waals surface area contributed by atoms with E-state index in [1.165, 1.54) is 19.2 Å². The molecule has 8 heteroatoms. The first-order valence-corrected chi connectivity index (χ1v) is 12.3. The fraction of sp³-hybridized carbons (Fsp3) is 0.0968. The first kappa shape index (κ1) is 24.2. The lowest BCUT2D eigenvalue weighted by molar-refractivity contribution is 0.0726. The molecule has 1 unspecified atom stereocenters. The monoisotopic (exact) mass is 521 g/mol. The van der Waals surface area contributed by atoms with Gasteiger partial charge in [0.1, 0.15) is 23.4 Å². The molecule has 2 heterocycles. The number of carbonyl (C=O) groups excluding carboxylic acids is 2. The number of H-pyrrole nitrogens is 1. The molecule has 1 atom stereocenters. The number of benzene rings is 4. The Morgan fingerprint density at radius 3 is 2.49 bits per heavy atom. The van der Waals surface area contributed by atoms with Crippen molar-refractivity contribution in [1.82, 2.24) is 9.88 Å². The fourth-order valence-corrected chi connectivity index (χ4v) is 5.21. The van der Waals surface area contributed by atoms with Crippen molar-refractivity contribution in [1.29, 1.82) is 0 Å². The number of para-hydroxylation sites is 1. The van der Waals surface area contributed by atoms with Crippen molar-refractivity contribution in [2.75, 3.05) is 7.11 Å². The molecule has 6 rings (SSSR count). The number of hydrogen-bond donors (Lipinski definition) is 2. The zero-order valence-corrected chi connectivity index (χ0v) is 21.0. The number of nitrogens with one attached hydrogen (secondary N) is 1. The van der Waals surface area contributed by atoms with Gasteiger partial charge in [0.15, 0.2) is 0 Å². The topological polar surface area (TPSA) is 97.6 Å². The molecular formula is C31H24FN3O4. The Labute approximate surface area is 223 Å². The highest BCUT2D eigenvalue weighted by atomic mass is 19.1. The predicted molar refractivity (Wildman–Crippen MR) is 145 cm³/mol. The van der Waals surface area contributed by atoms with Gasteiger partial charge in [0.05, 0.1) is 7.11 Å². The minimum Gasteiger partial charge on any atom is -0.496 e. The molecule has 0 aliphatic carbocycles. The molecular weight excluding hydrogens is 497 g/mol. The van der Waals surface area contributed by atoms with Crippen molar-refractivity contribution in [3.8, 4) is 22.6 Å². The molecule has 0 saturated carbocycles.